The quantitative estimate of drug-likeness (QED) is 0.448. The number of hydrogen-bond acceptors (Lipinski definition) is 8. The molecule has 1 aromatic carbocycles. The Morgan fingerprint density at radius 2 is 1.67 bits per heavy atom. The zero-order chi connectivity index (χ0) is 29.3. The number of carbonyl (C=O) groups is 4. The number of nitrogens with zero attached hydrogens (tertiary/aromatic N) is 4. The summed E-state index contributed by atoms with van der Waals surface area (Å²) < 4.78 is 0. The molecule has 0 radical (unpaired) electrons. The molecule has 2 aromatic rings. The second-order valence-electron chi connectivity index (χ2n) is 12.2. The minimum Gasteiger partial charge on any atom is -0.397 e. The molecule has 42 heavy (non-hydrogen) atoms. The van der Waals surface area contributed by atoms with Crippen molar-refractivity contribution in [1.82, 2.24) is 15.2 Å². The number of likely N-dealkylation sites (tertiary alicyclic amines) is 1. The molecular formula is C31H39N7O4. The second kappa shape index (κ2) is 11.6. The van der Waals surface area contributed by atoms with E-state index in [0.717, 1.165) is 49.4 Å². The first-order valence-electron chi connectivity index (χ1n) is 15.1. The molecule has 1 atom stereocenters. The Morgan fingerprint density at radius 1 is 0.952 bits per heavy atom. The summed E-state index contributed by atoms with van der Waals surface area (Å²) in [5.41, 5.74) is 8.76. The van der Waals surface area contributed by atoms with Crippen LogP contribution in [-0.4, -0.2) is 72.3 Å². The zero-order valence-corrected chi connectivity index (χ0v) is 23.9. The van der Waals surface area contributed by atoms with E-state index in [0.29, 0.717) is 63.3 Å². The highest BCUT2D eigenvalue weighted by Crippen LogP contribution is 2.43. The molecule has 5 heterocycles. The number of nitrogens with one attached hydrogen (secondary N) is 2. The molecule has 1 unspecified atom stereocenters. The SMILES string of the molecule is Nc1cncc(N2CCC3(CCN(C(=O)CC4CCN(c5ccc(NC6CCC(=O)NC6=O)cc5)CC4)CC3)C2=O)c1. The number of aromatic nitrogens is 1. The van der Waals surface area contributed by atoms with Gasteiger partial charge in [0, 0.05) is 63.1 Å². The van der Waals surface area contributed by atoms with Gasteiger partial charge >= 0.3 is 0 Å². The third kappa shape index (κ3) is 5.77. The highest BCUT2D eigenvalue weighted by Gasteiger charge is 2.49. The van der Waals surface area contributed by atoms with Crippen LogP contribution < -0.4 is 26.2 Å². The lowest BCUT2D eigenvalue weighted by Gasteiger charge is -2.39. The number of carbonyl (C=O) groups excluding carboxylic acids is 4. The Hall–Kier alpha value is -4.15. The second-order valence-corrected chi connectivity index (χ2v) is 12.2. The summed E-state index contributed by atoms with van der Waals surface area (Å²) in [6.45, 7) is 3.71. The zero-order valence-electron chi connectivity index (χ0n) is 23.9. The third-order valence-electron chi connectivity index (χ3n) is 9.53. The monoisotopic (exact) mass is 573 g/mol. The van der Waals surface area contributed by atoms with Crippen LogP contribution in [0.25, 0.3) is 0 Å². The number of benzene rings is 1. The number of piperidine rings is 3. The van der Waals surface area contributed by atoms with Crippen LogP contribution in [0.2, 0.25) is 0 Å². The van der Waals surface area contributed by atoms with Crippen molar-refractivity contribution in [2.75, 3.05) is 53.6 Å². The number of nitrogen functional groups attached to an aromatic ring is 1. The summed E-state index contributed by atoms with van der Waals surface area (Å²) in [7, 11) is 0. The lowest BCUT2D eigenvalue weighted by atomic mass is 9.77. The van der Waals surface area contributed by atoms with Gasteiger partial charge in [-0.05, 0) is 74.8 Å². The Labute approximate surface area is 245 Å². The molecule has 11 nitrogen and oxygen atoms in total. The number of nitrogens with two attached hydrogens (primary N) is 1. The fourth-order valence-electron chi connectivity index (χ4n) is 6.88. The van der Waals surface area contributed by atoms with Crippen molar-refractivity contribution >= 4 is 46.4 Å². The van der Waals surface area contributed by atoms with Gasteiger partial charge in [-0.2, -0.15) is 0 Å². The van der Waals surface area contributed by atoms with E-state index in [1.165, 1.54) is 0 Å². The maximum atomic E-state index is 13.4. The normalized spacial score (nSPS) is 22.9. The largest absolute Gasteiger partial charge is 0.397 e. The van der Waals surface area contributed by atoms with Gasteiger partial charge in [-0.15, -0.1) is 0 Å². The van der Waals surface area contributed by atoms with Crippen molar-refractivity contribution < 1.29 is 19.2 Å². The van der Waals surface area contributed by atoms with E-state index >= 15 is 0 Å². The maximum absolute atomic E-state index is 13.4. The summed E-state index contributed by atoms with van der Waals surface area (Å²) in [5.74, 6) is 0.201. The fourth-order valence-corrected chi connectivity index (χ4v) is 6.88. The van der Waals surface area contributed by atoms with E-state index in [2.05, 4.69) is 32.7 Å². The predicted octanol–water partition coefficient (Wildman–Crippen LogP) is 2.53. The molecule has 4 fully saturated rings. The van der Waals surface area contributed by atoms with Gasteiger partial charge in [-0.3, -0.25) is 29.5 Å². The highest BCUT2D eigenvalue weighted by molar-refractivity contribution is 6.01. The lowest BCUT2D eigenvalue weighted by Crippen LogP contribution is -2.47. The average molecular weight is 574 g/mol. The number of hydrogen-bond donors (Lipinski definition) is 3. The molecule has 11 heteroatoms. The summed E-state index contributed by atoms with van der Waals surface area (Å²) >= 11 is 0. The summed E-state index contributed by atoms with van der Waals surface area (Å²) in [6, 6.07) is 9.45. The van der Waals surface area contributed by atoms with E-state index in [-0.39, 0.29) is 29.0 Å². The number of pyridine rings is 1. The molecule has 0 bridgehead atoms. The molecule has 4 aliphatic heterocycles. The van der Waals surface area contributed by atoms with Gasteiger partial charge in [-0.1, -0.05) is 0 Å². The molecule has 1 aromatic heterocycles. The minimum absolute atomic E-state index is 0.133. The number of amides is 4. The average Bonchev–Trinajstić information content (AvgIpc) is 3.30. The topological polar surface area (TPSA) is 141 Å². The first kappa shape index (κ1) is 28.0. The van der Waals surface area contributed by atoms with E-state index < -0.39 is 6.04 Å². The molecule has 4 amide bonds. The molecule has 4 saturated heterocycles. The summed E-state index contributed by atoms with van der Waals surface area (Å²) in [5, 5.41) is 5.59. The van der Waals surface area contributed by atoms with Crippen LogP contribution in [0.15, 0.2) is 42.7 Å². The van der Waals surface area contributed by atoms with Crippen molar-refractivity contribution in [3.63, 3.8) is 0 Å². The van der Waals surface area contributed by atoms with E-state index in [1.807, 2.05) is 17.0 Å². The molecule has 4 aliphatic rings. The van der Waals surface area contributed by atoms with Crippen molar-refractivity contribution in [3.05, 3.63) is 42.7 Å². The number of imide groups is 1. The summed E-state index contributed by atoms with van der Waals surface area (Å²) in [6.07, 6.45) is 8.80. The van der Waals surface area contributed by atoms with Crippen LogP contribution in [0, 0.1) is 11.3 Å². The Balaban J connectivity index is 0.948. The standard InChI is InChI=1S/C31H39N7O4/c32-22-18-25(20-33-19-22)38-16-11-31(30(38)42)9-14-37(15-10-31)28(40)17-21-7-12-36(13-8-21)24-3-1-23(2-4-24)34-26-5-6-27(39)35-29(26)41/h1-4,18-21,26,34H,5-17,32H2,(H,35,39,41). The fraction of sp³-hybridized carbons (Fsp3) is 0.516. The van der Waals surface area contributed by atoms with Crippen LogP contribution in [0.4, 0.5) is 22.7 Å². The van der Waals surface area contributed by atoms with Crippen LogP contribution in [0.3, 0.4) is 0 Å². The van der Waals surface area contributed by atoms with Crippen LogP contribution >= 0.6 is 0 Å². The van der Waals surface area contributed by atoms with Crippen LogP contribution in [-0.2, 0) is 19.2 Å². The van der Waals surface area contributed by atoms with E-state index in [1.54, 1.807) is 23.4 Å². The molecule has 222 valence electrons. The van der Waals surface area contributed by atoms with Crippen LogP contribution in [0.5, 0.6) is 0 Å². The van der Waals surface area contributed by atoms with Crippen molar-refractivity contribution in [2.45, 2.75) is 57.4 Å². The van der Waals surface area contributed by atoms with Crippen molar-refractivity contribution in [2.24, 2.45) is 11.3 Å². The van der Waals surface area contributed by atoms with Gasteiger partial charge in [0.05, 0.1) is 23.0 Å². The predicted molar refractivity (Wildman–Crippen MR) is 160 cm³/mol. The lowest BCUT2D eigenvalue weighted by molar-refractivity contribution is -0.138. The van der Waals surface area contributed by atoms with Gasteiger partial charge in [0.15, 0.2) is 0 Å². The molecule has 0 saturated carbocycles. The molecular weight excluding hydrogens is 534 g/mol. The van der Waals surface area contributed by atoms with Gasteiger partial charge in [0.2, 0.25) is 23.6 Å². The Bertz CT molecular complexity index is 1350. The molecule has 4 N–H and O–H groups in total. The first-order valence-corrected chi connectivity index (χ1v) is 15.1. The number of anilines is 4. The van der Waals surface area contributed by atoms with E-state index in [9.17, 15) is 19.2 Å². The smallest absolute Gasteiger partial charge is 0.249 e. The van der Waals surface area contributed by atoms with Gasteiger partial charge in [0.1, 0.15) is 6.04 Å². The van der Waals surface area contributed by atoms with Crippen molar-refractivity contribution in [1.29, 1.82) is 0 Å². The highest BCUT2D eigenvalue weighted by atomic mass is 16.2. The van der Waals surface area contributed by atoms with Gasteiger partial charge in [0.25, 0.3) is 0 Å². The molecule has 1 spiro atoms. The first-order chi connectivity index (χ1) is 20.3. The molecule has 0 aliphatic carbocycles. The van der Waals surface area contributed by atoms with Gasteiger partial charge < -0.3 is 25.8 Å². The van der Waals surface area contributed by atoms with Crippen molar-refractivity contribution in [3.8, 4) is 0 Å². The van der Waals surface area contributed by atoms with E-state index in [4.69, 9.17) is 5.73 Å². The summed E-state index contributed by atoms with van der Waals surface area (Å²) in [4.78, 5) is 60.2. The van der Waals surface area contributed by atoms with Crippen LogP contribution in [0.1, 0.15) is 51.4 Å². The number of rotatable bonds is 6. The van der Waals surface area contributed by atoms with Gasteiger partial charge in [-0.25, -0.2) is 0 Å². The maximum Gasteiger partial charge on any atom is 0.249 e. The Kier molecular flexibility index (Phi) is 7.74. The third-order valence-corrected chi connectivity index (χ3v) is 9.53. The Morgan fingerprint density at radius 3 is 2.36 bits per heavy atom. The minimum atomic E-state index is -0.396. The molecule has 6 rings (SSSR count).